The number of hydrogen-bond acceptors (Lipinski definition) is 5. The first-order valence-electron chi connectivity index (χ1n) is 5.94. The largest absolute Gasteiger partial charge is 0.398 e. The van der Waals surface area contributed by atoms with Crippen LogP contribution < -0.4 is 10.6 Å². The Kier molecular flexibility index (Phi) is 3.70. The first-order chi connectivity index (χ1) is 8.65. The Labute approximate surface area is 106 Å². The van der Waals surface area contributed by atoms with Crippen LogP contribution in [0.3, 0.4) is 0 Å². The molecule has 0 radical (unpaired) electrons. The number of ether oxygens (including phenoxy) is 1. The summed E-state index contributed by atoms with van der Waals surface area (Å²) >= 11 is 0. The van der Waals surface area contributed by atoms with Crippen molar-refractivity contribution in [2.24, 2.45) is 0 Å². The minimum absolute atomic E-state index is 0.00891. The number of nitriles is 1. The second-order valence-corrected chi connectivity index (χ2v) is 4.52. The van der Waals surface area contributed by atoms with E-state index in [1.165, 1.54) is 0 Å². The molecule has 0 aliphatic carbocycles. The maximum absolute atomic E-state index is 9.16. The molecular formula is C13H17N3O2. The van der Waals surface area contributed by atoms with Crippen LogP contribution in [-0.4, -0.2) is 37.0 Å². The molecule has 2 atom stereocenters. The van der Waals surface area contributed by atoms with E-state index in [1.807, 2.05) is 12.1 Å². The molecule has 5 nitrogen and oxygen atoms in total. The second kappa shape index (κ2) is 5.25. The van der Waals surface area contributed by atoms with Crippen LogP contribution in [-0.2, 0) is 4.74 Å². The van der Waals surface area contributed by atoms with Crippen molar-refractivity contribution in [1.29, 1.82) is 5.26 Å². The van der Waals surface area contributed by atoms with E-state index in [0.29, 0.717) is 24.4 Å². The number of benzene rings is 1. The monoisotopic (exact) mass is 247 g/mol. The average molecular weight is 247 g/mol. The molecule has 5 heteroatoms. The fraction of sp³-hybridized carbons (Fsp3) is 0.462. The van der Waals surface area contributed by atoms with E-state index in [2.05, 4.69) is 11.8 Å². The summed E-state index contributed by atoms with van der Waals surface area (Å²) in [5, 5.41) is 18.0. The lowest BCUT2D eigenvalue weighted by Gasteiger charge is -2.39. The molecule has 2 rings (SSSR count). The van der Waals surface area contributed by atoms with Gasteiger partial charge in [-0.3, -0.25) is 0 Å². The van der Waals surface area contributed by atoms with E-state index in [-0.39, 0.29) is 18.8 Å². The van der Waals surface area contributed by atoms with Crippen LogP contribution in [0.4, 0.5) is 11.4 Å². The molecule has 1 heterocycles. The number of anilines is 2. The van der Waals surface area contributed by atoms with Gasteiger partial charge in [0.1, 0.15) is 6.07 Å². The summed E-state index contributed by atoms with van der Waals surface area (Å²) in [4.78, 5) is 2.14. The quantitative estimate of drug-likeness (QED) is 0.753. The van der Waals surface area contributed by atoms with Crippen LogP contribution in [0.2, 0.25) is 0 Å². The standard InChI is InChI=1S/C13H17N3O2/c1-9-8-18-12(7-17)6-16(9)11-3-2-10(5-14)13(15)4-11/h2-4,9,12,17H,6-8,15H2,1H3. The predicted molar refractivity (Wildman–Crippen MR) is 69.2 cm³/mol. The molecule has 2 unspecified atom stereocenters. The van der Waals surface area contributed by atoms with Crippen LogP contribution in [0, 0.1) is 11.3 Å². The van der Waals surface area contributed by atoms with Crippen molar-refractivity contribution < 1.29 is 9.84 Å². The number of rotatable bonds is 2. The van der Waals surface area contributed by atoms with Crippen LogP contribution >= 0.6 is 0 Å². The topological polar surface area (TPSA) is 82.5 Å². The van der Waals surface area contributed by atoms with E-state index in [1.54, 1.807) is 12.1 Å². The number of nitrogens with two attached hydrogens (primary N) is 1. The molecule has 96 valence electrons. The molecule has 1 aromatic rings. The highest BCUT2D eigenvalue weighted by Crippen LogP contribution is 2.25. The fourth-order valence-electron chi connectivity index (χ4n) is 2.12. The normalized spacial score (nSPS) is 23.7. The summed E-state index contributed by atoms with van der Waals surface area (Å²) in [6.45, 7) is 3.27. The van der Waals surface area contributed by atoms with Gasteiger partial charge in [0, 0.05) is 18.3 Å². The van der Waals surface area contributed by atoms with Crippen LogP contribution in [0.1, 0.15) is 12.5 Å². The average Bonchev–Trinajstić information content (AvgIpc) is 2.39. The predicted octanol–water partition coefficient (Wildman–Crippen LogP) is 0.726. The molecule has 0 saturated carbocycles. The van der Waals surface area contributed by atoms with Crippen LogP contribution in [0.5, 0.6) is 0 Å². The van der Waals surface area contributed by atoms with Gasteiger partial charge in [0.05, 0.1) is 30.6 Å². The zero-order chi connectivity index (χ0) is 13.1. The van der Waals surface area contributed by atoms with Crippen molar-refractivity contribution in [3.05, 3.63) is 23.8 Å². The maximum atomic E-state index is 9.16. The summed E-state index contributed by atoms with van der Waals surface area (Å²) in [5.41, 5.74) is 7.75. The molecule has 0 spiro atoms. The minimum atomic E-state index is -0.168. The Morgan fingerprint density at radius 1 is 1.61 bits per heavy atom. The molecule has 3 N–H and O–H groups in total. The molecule has 1 fully saturated rings. The van der Waals surface area contributed by atoms with Gasteiger partial charge < -0.3 is 20.5 Å². The molecule has 1 aliphatic rings. The molecule has 1 aromatic carbocycles. The summed E-state index contributed by atoms with van der Waals surface area (Å²) in [5.74, 6) is 0. The number of aliphatic hydroxyl groups excluding tert-OH is 1. The highest BCUT2D eigenvalue weighted by Gasteiger charge is 2.26. The van der Waals surface area contributed by atoms with E-state index in [9.17, 15) is 0 Å². The van der Waals surface area contributed by atoms with Gasteiger partial charge in [0.15, 0.2) is 0 Å². The van der Waals surface area contributed by atoms with Gasteiger partial charge in [-0.05, 0) is 25.1 Å². The van der Waals surface area contributed by atoms with Gasteiger partial charge in [0.25, 0.3) is 0 Å². The SMILES string of the molecule is CC1COC(CO)CN1c1ccc(C#N)c(N)c1. The second-order valence-electron chi connectivity index (χ2n) is 4.52. The van der Waals surface area contributed by atoms with E-state index in [4.69, 9.17) is 20.8 Å². The Morgan fingerprint density at radius 2 is 2.39 bits per heavy atom. The van der Waals surface area contributed by atoms with Gasteiger partial charge in [-0.25, -0.2) is 0 Å². The smallest absolute Gasteiger partial charge is 0.101 e. The van der Waals surface area contributed by atoms with Gasteiger partial charge in [-0.2, -0.15) is 5.26 Å². The fourth-order valence-corrected chi connectivity index (χ4v) is 2.12. The lowest BCUT2D eigenvalue weighted by Crippen LogP contribution is -2.49. The lowest BCUT2D eigenvalue weighted by molar-refractivity contribution is -0.0103. The number of morpholine rings is 1. The molecule has 0 amide bonds. The molecule has 1 aliphatic heterocycles. The zero-order valence-electron chi connectivity index (χ0n) is 10.3. The van der Waals surface area contributed by atoms with Crippen LogP contribution in [0.25, 0.3) is 0 Å². The van der Waals surface area contributed by atoms with E-state index in [0.717, 1.165) is 5.69 Å². The van der Waals surface area contributed by atoms with Crippen molar-refractivity contribution in [2.45, 2.75) is 19.1 Å². The van der Waals surface area contributed by atoms with Gasteiger partial charge in [-0.15, -0.1) is 0 Å². The third-order valence-electron chi connectivity index (χ3n) is 3.20. The summed E-state index contributed by atoms with van der Waals surface area (Å²) < 4.78 is 5.49. The van der Waals surface area contributed by atoms with Crippen molar-refractivity contribution in [2.75, 3.05) is 30.4 Å². The Bertz CT molecular complexity index is 470. The number of aliphatic hydroxyl groups is 1. The first kappa shape index (κ1) is 12.7. The number of nitrogen functional groups attached to an aromatic ring is 1. The van der Waals surface area contributed by atoms with Gasteiger partial charge >= 0.3 is 0 Å². The zero-order valence-corrected chi connectivity index (χ0v) is 10.3. The van der Waals surface area contributed by atoms with Crippen molar-refractivity contribution in [3.8, 4) is 6.07 Å². The van der Waals surface area contributed by atoms with E-state index < -0.39 is 0 Å². The summed E-state index contributed by atoms with van der Waals surface area (Å²) in [6.07, 6.45) is -0.168. The summed E-state index contributed by atoms with van der Waals surface area (Å²) in [7, 11) is 0. The molecule has 0 aromatic heterocycles. The third kappa shape index (κ3) is 2.40. The van der Waals surface area contributed by atoms with E-state index >= 15 is 0 Å². The highest BCUT2D eigenvalue weighted by molar-refractivity contribution is 5.64. The van der Waals surface area contributed by atoms with Crippen LogP contribution in [0.15, 0.2) is 18.2 Å². The van der Waals surface area contributed by atoms with Gasteiger partial charge in [0.2, 0.25) is 0 Å². The maximum Gasteiger partial charge on any atom is 0.101 e. The van der Waals surface area contributed by atoms with Gasteiger partial charge in [-0.1, -0.05) is 0 Å². The minimum Gasteiger partial charge on any atom is -0.398 e. The number of nitrogens with zero attached hydrogens (tertiary/aromatic N) is 2. The molecule has 0 bridgehead atoms. The molecular weight excluding hydrogens is 230 g/mol. The number of hydrogen-bond donors (Lipinski definition) is 2. The third-order valence-corrected chi connectivity index (χ3v) is 3.20. The van der Waals surface area contributed by atoms with Crippen molar-refractivity contribution in [3.63, 3.8) is 0 Å². The van der Waals surface area contributed by atoms with Crippen molar-refractivity contribution >= 4 is 11.4 Å². The molecule has 1 saturated heterocycles. The Hall–Kier alpha value is -1.77. The van der Waals surface area contributed by atoms with Crippen molar-refractivity contribution in [1.82, 2.24) is 0 Å². The molecule has 18 heavy (non-hydrogen) atoms. The lowest BCUT2D eigenvalue weighted by atomic mass is 10.1. The Morgan fingerprint density at radius 3 is 3.00 bits per heavy atom. The Balaban J connectivity index is 2.24. The first-order valence-corrected chi connectivity index (χ1v) is 5.94. The highest BCUT2D eigenvalue weighted by atomic mass is 16.5. The summed E-state index contributed by atoms with van der Waals surface area (Å²) in [6, 6.07) is 7.67.